The first-order valence-electron chi connectivity index (χ1n) is 10.2. The highest BCUT2D eigenvalue weighted by molar-refractivity contribution is 5.35. The summed E-state index contributed by atoms with van der Waals surface area (Å²) in [6.45, 7) is 7.71. The normalized spacial score (nSPS) is 18.0. The van der Waals surface area contributed by atoms with Crippen LogP contribution in [0.5, 0.6) is 0 Å². The van der Waals surface area contributed by atoms with Gasteiger partial charge < -0.3 is 0 Å². The Balaban J connectivity index is 0.000000114. The van der Waals surface area contributed by atoms with Gasteiger partial charge in [0.2, 0.25) is 0 Å². The van der Waals surface area contributed by atoms with Crippen LogP contribution in [0.1, 0.15) is 54.4 Å². The fourth-order valence-electron chi connectivity index (χ4n) is 3.98. The van der Waals surface area contributed by atoms with Crippen LogP contribution in [0.3, 0.4) is 0 Å². The maximum absolute atomic E-state index is 3.86. The molecule has 0 saturated heterocycles. The second kappa shape index (κ2) is 9.03. The zero-order chi connectivity index (χ0) is 18.2. The monoisotopic (exact) mass is 344 g/mol. The third-order valence-corrected chi connectivity index (χ3v) is 6.16. The van der Waals surface area contributed by atoms with Crippen molar-refractivity contribution in [3.8, 4) is 0 Å². The Morgan fingerprint density at radius 3 is 1.12 bits per heavy atom. The summed E-state index contributed by atoms with van der Waals surface area (Å²) in [5.41, 5.74) is 6.48. The van der Waals surface area contributed by atoms with Crippen molar-refractivity contribution in [3.63, 3.8) is 0 Å². The summed E-state index contributed by atoms with van der Waals surface area (Å²) in [5.74, 6) is 0. The average molecular weight is 345 g/mol. The van der Waals surface area contributed by atoms with E-state index >= 15 is 0 Å². The standard InChI is InChI=1S/C10H16.2C8H8/c1-3-10(4-2)8-6-5-7-9-10;2*1-2-4-8-6-5-7(8)3-1/h3-4H,1-2,5-9H2;2*1-4H,5-6H2. The van der Waals surface area contributed by atoms with E-state index in [-0.39, 0.29) is 5.41 Å². The molecule has 0 N–H and O–H groups in total. The topological polar surface area (TPSA) is 0 Å². The van der Waals surface area contributed by atoms with Crippen molar-refractivity contribution in [2.75, 3.05) is 0 Å². The molecule has 26 heavy (non-hydrogen) atoms. The van der Waals surface area contributed by atoms with Gasteiger partial charge in [-0.05, 0) is 60.8 Å². The predicted molar refractivity (Wildman–Crippen MR) is 114 cm³/mol. The molecule has 5 rings (SSSR count). The lowest BCUT2D eigenvalue weighted by Crippen LogP contribution is -2.17. The largest absolute Gasteiger partial charge is 0.102 e. The predicted octanol–water partition coefficient (Wildman–Crippen LogP) is 6.88. The molecule has 2 aromatic rings. The second-order valence-electron chi connectivity index (χ2n) is 7.74. The Bertz CT molecular complexity index is 628. The molecule has 3 aliphatic carbocycles. The first-order chi connectivity index (χ1) is 12.8. The number of rotatable bonds is 2. The van der Waals surface area contributed by atoms with Gasteiger partial charge >= 0.3 is 0 Å². The van der Waals surface area contributed by atoms with Crippen molar-refractivity contribution >= 4 is 0 Å². The molecule has 0 atom stereocenters. The summed E-state index contributed by atoms with van der Waals surface area (Å²) in [6, 6.07) is 17.3. The summed E-state index contributed by atoms with van der Waals surface area (Å²) in [6.07, 6.45) is 16.0. The van der Waals surface area contributed by atoms with Crippen LogP contribution in [0, 0.1) is 5.41 Å². The van der Waals surface area contributed by atoms with E-state index in [1.54, 1.807) is 22.3 Å². The molecule has 136 valence electrons. The molecule has 0 heterocycles. The van der Waals surface area contributed by atoms with E-state index in [4.69, 9.17) is 0 Å². The van der Waals surface area contributed by atoms with Crippen molar-refractivity contribution in [1.29, 1.82) is 0 Å². The van der Waals surface area contributed by atoms with E-state index in [1.807, 2.05) is 0 Å². The van der Waals surface area contributed by atoms with E-state index in [9.17, 15) is 0 Å². The van der Waals surface area contributed by atoms with Gasteiger partial charge in [-0.2, -0.15) is 0 Å². The average Bonchev–Trinajstić information content (AvgIpc) is 2.66. The van der Waals surface area contributed by atoms with Crippen LogP contribution in [0.4, 0.5) is 0 Å². The van der Waals surface area contributed by atoms with Crippen LogP contribution in [0.2, 0.25) is 0 Å². The Labute approximate surface area is 159 Å². The van der Waals surface area contributed by atoms with Crippen LogP contribution in [0.25, 0.3) is 0 Å². The van der Waals surface area contributed by atoms with Crippen molar-refractivity contribution in [2.24, 2.45) is 5.41 Å². The summed E-state index contributed by atoms with van der Waals surface area (Å²) in [7, 11) is 0. The summed E-state index contributed by atoms with van der Waals surface area (Å²) in [5, 5.41) is 0. The van der Waals surface area contributed by atoms with Gasteiger partial charge in [-0.25, -0.2) is 0 Å². The fraction of sp³-hybridized carbons (Fsp3) is 0.385. The number of benzene rings is 2. The van der Waals surface area contributed by atoms with Gasteiger partial charge in [0.05, 0.1) is 0 Å². The minimum absolute atomic E-state index is 0.290. The zero-order valence-corrected chi connectivity index (χ0v) is 16.1. The Morgan fingerprint density at radius 2 is 0.923 bits per heavy atom. The lowest BCUT2D eigenvalue weighted by Gasteiger charge is -2.30. The highest BCUT2D eigenvalue weighted by Gasteiger charge is 2.24. The van der Waals surface area contributed by atoms with E-state index in [1.165, 1.54) is 57.8 Å². The lowest BCUT2D eigenvalue weighted by molar-refractivity contribution is 0.327. The first kappa shape index (κ1) is 18.7. The minimum atomic E-state index is 0.290. The summed E-state index contributed by atoms with van der Waals surface area (Å²) < 4.78 is 0. The third-order valence-electron chi connectivity index (χ3n) is 6.16. The molecule has 3 aliphatic rings. The Kier molecular flexibility index (Phi) is 6.50. The van der Waals surface area contributed by atoms with Crippen LogP contribution >= 0.6 is 0 Å². The molecular formula is C26H32. The number of hydrogen-bond acceptors (Lipinski definition) is 0. The van der Waals surface area contributed by atoms with Crippen LogP contribution in [-0.4, -0.2) is 0 Å². The molecule has 0 nitrogen and oxygen atoms in total. The van der Waals surface area contributed by atoms with Crippen molar-refractivity contribution in [2.45, 2.75) is 57.8 Å². The molecule has 0 amide bonds. The number of hydrogen-bond donors (Lipinski definition) is 0. The molecule has 0 radical (unpaired) electrons. The van der Waals surface area contributed by atoms with Crippen LogP contribution < -0.4 is 0 Å². The molecule has 2 aromatic carbocycles. The molecule has 0 unspecified atom stereocenters. The smallest absolute Gasteiger partial charge is 0.00556 e. The number of fused-ring (bicyclic) bond motifs is 2. The quantitative estimate of drug-likeness (QED) is 0.521. The molecule has 0 spiro atoms. The van der Waals surface area contributed by atoms with Crippen LogP contribution in [-0.2, 0) is 25.7 Å². The van der Waals surface area contributed by atoms with Gasteiger partial charge in [-0.15, -0.1) is 13.2 Å². The summed E-state index contributed by atoms with van der Waals surface area (Å²) >= 11 is 0. The Hall–Kier alpha value is -2.08. The van der Waals surface area contributed by atoms with Gasteiger partial charge in [-0.1, -0.05) is 79.9 Å². The molecule has 0 bridgehead atoms. The highest BCUT2D eigenvalue weighted by Crippen LogP contribution is 2.37. The SMILES string of the molecule is C=CC1(C=C)CCCCC1.c1ccc2c(c1)CC2.c1ccc2c(c1)CC2. The molecule has 0 aromatic heterocycles. The lowest BCUT2D eigenvalue weighted by atomic mass is 9.74. The fourth-order valence-corrected chi connectivity index (χ4v) is 3.98. The minimum Gasteiger partial charge on any atom is -0.102 e. The van der Waals surface area contributed by atoms with Gasteiger partial charge in [0, 0.05) is 5.41 Å². The number of allylic oxidation sites excluding steroid dienone is 2. The van der Waals surface area contributed by atoms with Gasteiger partial charge in [0.25, 0.3) is 0 Å². The van der Waals surface area contributed by atoms with Crippen molar-refractivity contribution in [1.82, 2.24) is 0 Å². The molecule has 0 aliphatic heterocycles. The highest BCUT2D eigenvalue weighted by atomic mass is 14.3. The number of aryl methyl sites for hydroxylation is 4. The molecule has 1 saturated carbocycles. The third kappa shape index (κ3) is 4.55. The van der Waals surface area contributed by atoms with E-state index in [0.717, 1.165) is 0 Å². The first-order valence-corrected chi connectivity index (χ1v) is 10.2. The van der Waals surface area contributed by atoms with Gasteiger partial charge in [0.15, 0.2) is 0 Å². The maximum Gasteiger partial charge on any atom is 0.00556 e. The molecule has 1 fully saturated rings. The second-order valence-corrected chi connectivity index (χ2v) is 7.74. The van der Waals surface area contributed by atoms with Crippen LogP contribution in [0.15, 0.2) is 73.8 Å². The van der Waals surface area contributed by atoms with Crippen molar-refractivity contribution in [3.05, 3.63) is 96.1 Å². The summed E-state index contributed by atoms with van der Waals surface area (Å²) in [4.78, 5) is 0. The maximum atomic E-state index is 3.86. The Morgan fingerprint density at radius 1 is 0.577 bits per heavy atom. The van der Waals surface area contributed by atoms with E-state index in [2.05, 4.69) is 73.8 Å². The van der Waals surface area contributed by atoms with E-state index in [0.29, 0.717) is 0 Å². The van der Waals surface area contributed by atoms with Gasteiger partial charge in [-0.3, -0.25) is 0 Å². The molecular weight excluding hydrogens is 312 g/mol. The van der Waals surface area contributed by atoms with E-state index < -0.39 is 0 Å². The van der Waals surface area contributed by atoms with Crippen molar-refractivity contribution < 1.29 is 0 Å². The van der Waals surface area contributed by atoms with Gasteiger partial charge in [0.1, 0.15) is 0 Å². The molecule has 0 heteroatoms. The zero-order valence-electron chi connectivity index (χ0n) is 16.1.